The van der Waals surface area contributed by atoms with Crippen LogP contribution in [-0.4, -0.2) is 29.0 Å². The topological polar surface area (TPSA) is 18.5 Å². The smallest absolute Gasteiger partial charge is 0.180 e. The molecular weight excluding hydrogens is 208 g/mol. The van der Waals surface area contributed by atoms with Gasteiger partial charge in [0.15, 0.2) is 5.79 Å². The summed E-state index contributed by atoms with van der Waals surface area (Å²) in [6.45, 7) is 8.38. The highest BCUT2D eigenvalue weighted by Gasteiger charge is 2.47. The van der Waals surface area contributed by atoms with Crippen molar-refractivity contribution >= 4 is 11.8 Å². The van der Waals surface area contributed by atoms with E-state index in [0.717, 1.165) is 19.6 Å². The zero-order valence-electron chi connectivity index (χ0n) is 10.0. The molecule has 2 rings (SSSR count). The van der Waals surface area contributed by atoms with Crippen LogP contribution in [0.25, 0.3) is 0 Å². The molecule has 2 fully saturated rings. The summed E-state index contributed by atoms with van der Waals surface area (Å²) >= 11 is 2.02. The molecule has 0 N–H and O–H groups in total. The van der Waals surface area contributed by atoms with Gasteiger partial charge >= 0.3 is 0 Å². The molecule has 1 atom stereocenters. The van der Waals surface area contributed by atoms with E-state index in [1.165, 1.54) is 19.3 Å². The van der Waals surface area contributed by atoms with Gasteiger partial charge in [-0.2, -0.15) is 0 Å². The van der Waals surface area contributed by atoms with E-state index in [-0.39, 0.29) is 5.79 Å². The third-order valence-electron chi connectivity index (χ3n) is 3.00. The highest BCUT2D eigenvalue weighted by Crippen LogP contribution is 2.46. The maximum absolute atomic E-state index is 5.90. The summed E-state index contributed by atoms with van der Waals surface area (Å²) in [6, 6.07) is 0. The minimum Gasteiger partial charge on any atom is -0.346 e. The molecule has 1 aliphatic heterocycles. The van der Waals surface area contributed by atoms with E-state index in [9.17, 15) is 0 Å². The summed E-state index contributed by atoms with van der Waals surface area (Å²) < 4.78 is 12.1. The third kappa shape index (κ3) is 2.69. The SMILES string of the molecule is CC(C)(C)SC1CCCCC12OCCO2. The second-order valence-corrected chi connectivity index (χ2v) is 7.50. The Labute approximate surface area is 97.1 Å². The fraction of sp³-hybridized carbons (Fsp3) is 1.00. The molecule has 0 aromatic carbocycles. The monoisotopic (exact) mass is 230 g/mol. The molecule has 1 unspecified atom stereocenters. The van der Waals surface area contributed by atoms with Gasteiger partial charge in [0.25, 0.3) is 0 Å². The summed E-state index contributed by atoms with van der Waals surface area (Å²) in [4.78, 5) is 0. The van der Waals surface area contributed by atoms with Gasteiger partial charge in [0.2, 0.25) is 0 Å². The second kappa shape index (κ2) is 4.27. The Morgan fingerprint density at radius 3 is 2.40 bits per heavy atom. The highest BCUT2D eigenvalue weighted by atomic mass is 32.2. The van der Waals surface area contributed by atoms with Crippen LogP contribution in [0.1, 0.15) is 46.5 Å². The number of thioether (sulfide) groups is 1. The molecular formula is C12H22O2S. The predicted octanol–water partition coefficient (Wildman–Crippen LogP) is 3.20. The average Bonchev–Trinajstić information content (AvgIpc) is 2.57. The van der Waals surface area contributed by atoms with Crippen LogP contribution >= 0.6 is 11.8 Å². The van der Waals surface area contributed by atoms with Gasteiger partial charge in [-0.15, -0.1) is 11.8 Å². The Bertz CT molecular complexity index is 216. The van der Waals surface area contributed by atoms with E-state index in [0.29, 0.717) is 10.00 Å². The van der Waals surface area contributed by atoms with Crippen LogP contribution in [-0.2, 0) is 9.47 Å². The number of hydrogen-bond acceptors (Lipinski definition) is 3. The summed E-state index contributed by atoms with van der Waals surface area (Å²) in [7, 11) is 0. The maximum Gasteiger partial charge on any atom is 0.180 e. The average molecular weight is 230 g/mol. The fourth-order valence-electron chi connectivity index (χ4n) is 2.46. The van der Waals surface area contributed by atoms with Gasteiger partial charge in [0, 0.05) is 11.2 Å². The first-order valence-corrected chi connectivity index (χ1v) is 6.86. The van der Waals surface area contributed by atoms with Gasteiger partial charge in [-0.3, -0.25) is 0 Å². The van der Waals surface area contributed by atoms with E-state index >= 15 is 0 Å². The van der Waals surface area contributed by atoms with E-state index in [2.05, 4.69) is 20.8 Å². The maximum atomic E-state index is 5.90. The molecule has 2 nitrogen and oxygen atoms in total. The highest BCUT2D eigenvalue weighted by molar-refractivity contribution is 8.01. The normalized spacial score (nSPS) is 31.0. The standard InChI is InChI=1S/C12H22O2S/c1-11(2,3)15-10-6-4-5-7-12(10)13-8-9-14-12/h10H,4-9H2,1-3H3. The van der Waals surface area contributed by atoms with Crippen molar-refractivity contribution in [3.63, 3.8) is 0 Å². The Balaban J connectivity index is 2.06. The number of hydrogen-bond donors (Lipinski definition) is 0. The lowest BCUT2D eigenvalue weighted by Crippen LogP contribution is -2.45. The van der Waals surface area contributed by atoms with Gasteiger partial charge in [-0.25, -0.2) is 0 Å². The van der Waals surface area contributed by atoms with Crippen LogP contribution in [0.15, 0.2) is 0 Å². The minimum absolute atomic E-state index is 0.240. The van der Waals surface area contributed by atoms with Crippen LogP contribution in [0.5, 0.6) is 0 Å². The lowest BCUT2D eigenvalue weighted by Gasteiger charge is -2.41. The van der Waals surface area contributed by atoms with E-state index in [4.69, 9.17) is 9.47 Å². The van der Waals surface area contributed by atoms with Crippen LogP contribution < -0.4 is 0 Å². The van der Waals surface area contributed by atoms with Gasteiger partial charge in [0.05, 0.1) is 18.5 Å². The second-order valence-electron chi connectivity index (χ2n) is 5.47. The van der Waals surface area contributed by atoms with E-state index < -0.39 is 0 Å². The zero-order chi connectivity index (χ0) is 10.9. The van der Waals surface area contributed by atoms with Crippen molar-refractivity contribution in [3.8, 4) is 0 Å². The van der Waals surface area contributed by atoms with Crippen molar-refractivity contribution in [2.75, 3.05) is 13.2 Å². The van der Waals surface area contributed by atoms with Crippen LogP contribution in [0.2, 0.25) is 0 Å². The van der Waals surface area contributed by atoms with Crippen molar-refractivity contribution in [3.05, 3.63) is 0 Å². The minimum atomic E-state index is -0.240. The molecule has 1 saturated heterocycles. The summed E-state index contributed by atoms with van der Waals surface area (Å²) in [6.07, 6.45) is 4.89. The molecule has 0 bridgehead atoms. The van der Waals surface area contributed by atoms with Crippen LogP contribution in [0.4, 0.5) is 0 Å². The Morgan fingerprint density at radius 1 is 1.13 bits per heavy atom. The van der Waals surface area contributed by atoms with E-state index in [1.807, 2.05) is 11.8 Å². The molecule has 88 valence electrons. The van der Waals surface area contributed by atoms with Gasteiger partial charge in [0.1, 0.15) is 0 Å². The summed E-state index contributed by atoms with van der Waals surface area (Å²) in [5.74, 6) is -0.240. The molecule has 1 heterocycles. The van der Waals surface area contributed by atoms with E-state index in [1.54, 1.807) is 0 Å². The third-order valence-corrected chi connectivity index (χ3v) is 4.59. The molecule has 1 aliphatic carbocycles. The van der Waals surface area contributed by atoms with Gasteiger partial charge in [-0.1, -0.05) is 27.2 Å². The first-order valence-electron chi connectivity index (χ1n) is 5.98. The molecule has 0 aromatic rings. The van der Waals surface area contributed by atoms with Gasteiger partial charge in [-0.05, 0) is 12.8 Å². The first kappa shape index (κ1) is 11.7. The molecule has 0 amide bonds. The summed E-state index contributed by atoms with van der Waals surface area (Å²) in [5.41, 5.74) is 0. The first-order chi connectivity index (χ1) is 7.02. The van der Waals surface area contributed by atoms with Crippen LogP contribution in [0.3, 0.4) is 0 Å². The molecule has 0 aromatic heterocycles. The van der Waals surface area contributed by atoms with Crippen molar-refractivity contribution in [2.24, 2.45) is 0 Å². The van der Waals surface area contributed by atoms with Crippen molar-refractivity contribution in [1.82, 2.24) is 0 Å². The molecule has 1 saturated carbocycles. The Kier molecular flexibility index (Phi) is 3.34. The largest absolute Gasteiger partial charge is 0.346 e. The molecule has 0 radical (unpaired) electrons. The molecule has 3 heteroatoms. The fourth-order valence-corrected chi connectivity index (χ4v) is 4.03. The lowest BCUT2D eigenvalue weighted by molar-refractivity contribution is -0.171. The van der Waals surface area contributed by atoms with Crippen molar-refractivity contribution in [1.29, 1.82) is 0 Å². The Morgan fingerprint density at radius 2 is 1.80 bits per heavy atom. The molecule has 1 spiro atoms. The quantitative estimate of drug-likeness (QED) is 0.689. The van der Waals surface area contributed by atoms with Crippen molar-refractivity contribution in [2.45, 2.75) is 62.2 Å². The molecule has 15 heavy (non-hydrogen) atoms. The van der Waals surface area contributed by atoms with Crippen LogP contribution in [0, 0.1) is 0 Å². The zero-order valence-corrected chi connectivity index (χ0v) is 10.9. The molecule has 2 aliphatic rings. The Hall–Kier alpha value is 0.270. The van der Waals surface area contributed by atoms with Gasteiger partial charge < -0.3 is 9.47 Å². The summed E-state index contributed by atoms with van der Waals surface area (Å²) in [5, 5.41) is 0.522. The lowest BCUT2D eigenvalue weighted by atomic mass is 9.93. The predicted molar refractivity (Wildman–Crippen MR) is 64.2 cm³/mol. The van der Waals surface area contributed by atoms with Crippen molar-refractivity contribution < 1.29 is 9.47 Å². The number of ether oxygens (including phenoxy) is 2. The number of rotatable bonds is 1.